The standard InChI is InChI=1S/C17H17N3O3/c1-23-15-8-9-16-12(10-15)4-2-7-17(16)19-18-13-5-3-6-14(11-13)20(21)22/h3,5-6,8-11,18H,2,4,7H2,1H3. The summed E-state index contributed by atoms with van der Waals surface area (Å²) in [6.07, 6.45) is 2.90. The van der Waals surface area contributed by atoms with Gasteiger partial charge in [-0.25, -0.2) is 0 Å². The van der Waals surface area contributed by atoms with Gasteiger partial charge in [0.25, 0.3) is 5.69 Å². The summed E-state index contributed by atoms with van der Waals surface area (Å²) in [6.45, 7) is 0. The monoisotopic (exact) mass is 311 g/mol. The molecule has 0 saturated carbocycles. The van der Waals surface area contributed by atoms with Gasteiger partial charge < -0.3 is 4.74 Å². The van der Waals surface area contributed by atoms with E-state index in [4.69, 9.17) is 4.74 Å². The predicted octanol–water partition coefficient (Wildman–Crippen LogP) is 3.76. The Bertz CT molecular complexity index is 771. The van der Waals surface area contributed by atoms with Crippen LogP contribution in [0.4, 0.5) is 11.4 Å². The quantitative estimate of drug-likeness (QED) is 0.689. The zero-order valence-corrected chi connectivity index (χ0v) is 12.8. The minimum atomic E-state index is -0.416. The topological polar surface area (TPSA) is 76.8 Å². The molecular weight excluding hydrogens is 294 g/mol. The molecule has 6 nitrogen and oxygen atoms in total. The van der Waals surface area contributed by atoms with E-state index in [2.05, 4.69) is 10.5 Å². The van der Waals surface area contributed by atoms with E-state index >= 15 is 0 Å². The van der Waals surface area contributed by atoms with Crippen LogP contribution in [-0.4, -0.2) is 17.7 Å². The van der Waals surface area contributed by atoms with Crippen molar-refractivity contribution in [2.75, 3.05) is 12.5 Å². The van der Waals surface area contributed by atoms with Crippen molar-refractivity contribution < 1.29 is 9.66 Å². The molecule has 1 aliphatic rings. The third kappa shape index (κ3) is 3.31. The van der Waals surface area contributed by atoms with Gasteiger partial charge in [0.05, 0.1) is 23.4 Å². The second-order valence-electron chi connectivity index (χ2n) is 5.35. The number of non-ortho nitro benzene ring substituents is 1. The van der Waals surface area contributed by atoms with Crippen LogP contribution in [0.1, 0.15) is 24.0 Å². The molecule has 0 unspecified atom stereocenters. The van der Waals surface area contributed by atoms with Gasteiger partial charge in [0.1, 0.15) is 5.75 Å². The van der Waals surface area contributed by atoms with Crippen molar-refractivity contribution in [3.8, 4) is 5.75 Å². The van der Waals surface area contributed by atoms with Gasteiger partial charge in [0.15, 0.2) is 0 Å². The van der Waals surface area contributed by atoms with E-state index in [-0.39, 0.29) is 5.69 Å². The molecular formula is C17H17N3O3. The lowest BCUT2D eigenvalue weighted by atomic mass is 9.90. The minimum Gasteiger partial charge on any atom is -0.497 e. The van der Waals surface area contributed by atoms with Gasteiger partial charge in [-0.1, -0.05) is 6.07 Å². The Morgan fingerprint density at radius 3 is 2.87 bits per heavy atom. The highest BCUT2D eigenvalue weighted by Gasteiger charge is 2.16. The molecule has 0 heterocycles. The van der Waals surface area contributed by atoms with E-state index in [1.807, 2.05) is 18.2 Å². The fraction of sp³-hybridized carbons (Fsp3) is 0.235. The first-order valence-electron chi connectivity index (χ1n) is 7.41. The number of hydrazone groups is 1. The maximum Gasteiger partial charge on any atom is 0.271 e. The molecule has 2 aromatic rings. The van der Waals surface area contributed by atoms with Crippen molar-refractivity contribution in [2.45, 2.75) is 19.3 Å². The summed E-state index contributed by atoms with van der Waals surface area (Å²) in [7, 11) is 1.66. The molecule has 0 saturated heterocycles. The number of anilines is 1. The van der Waals surface area contributed by atoms with Crippen LogP contribution in [0.2, 0.25) is 0 Å². The molecule has 2 aromatic carbocycles. The third-order valence-electron chi connectivity index (χ3n) is 3.86. The van der Waals surface area contributed by atoms with E-state index in [0.29, 0.717) is 5.69 Å². The molecule has 3 rings (SSSR count). The van der Waals surface area contributed by atoms with Gasteiger partial charge in [-0.2, -0.15) is 5.10 Å². The number of nitro groups is 1. The molecule has 1 N–H and O–H groups in total. The zero-order valence-electron chi connectivity index (χ0n) is 12.8. The highest BCUT2D eigenvalue weighted by Crippen LogP contribution is 2.26. The van der Waals surface area contributed by atoms with Gasteiger partial charge in [-0.15, -0.1) is 0 Å². The maximum atomic E-state index is 10.8. The molecule has 0 aliphatic heterocycles. The number of benzene rings is 2. The number of rotatable bonds is 4. The second-order valence-corrected chi connectivity index (χ2v) is 5.35. The lowest BCUT2D eigenvalue weighted by molar-refractivity contribution is -0.384. The minimum absolute atomic E-state index is 0.0454. The summed E-state index contributed by atoms with van der Waals surface area (Å²) in [6, 6.07) is 12.3. The number of hydrogen-bond acceptors (Lipinski definition) is 5. The van der Waals surface area contributed by atoms with Crippen LogP contribution in [0.25, 0.3) is 0 Å². The van der Waals surface area contributed by atoms with E-state index in [1.54, 1.807) is 19.2 Å². The Morgan fingerprint density at radius 2 is 2.09 bits per heavy atom. The second kappa shape index (κ2) is 6.48. The average molecular weight is 311 g/mol. The number of nitrogens with one attached hydrogen (secondary N) is 1. The number of ether oxygens (including phenoxy) is 1. The van der Waals surface area contributed by atoms with Crippen LogP contribution in [0.5, 0.6) is 5.75 Å². The number of methoxy groups -OCH3 is 1. The lowest BCUT2D eigenvalue weighted by Gasteiger charge is -2.18. The molecule has 0 radical (unpaired) electrons. The van der Waals surface area contributed by atoms with Crippen LogP contribution in [0.3, 0.4) is 0 Å². The third-order valence-corrected chi connectivity index (χ3v) is 3.86. The van der Waals surface area contributed by atoms with E-state index < -0.39 is 4.92 Å². The van der Waals surface area contributed by atoms with Crippen molar-refractivity contribution in [1.29, 1.82) is 0 Å². The van der Waals surface area contributed by atoms with Gasteiger partial charge in [0.2, 0.25) is 0 Å². The van der Waals surface area contributed by atoms with E-state index in [9.17, 15) is 10.1 Å². The van der Waals surface area contributed by atoms with E-state index in [1.165, 1.54) is 17.7 Å². The molecule has 0 spiro atoms. The van der Waals surface area contributed by atoms with Gasteiger partial charge >= 0.3 is 0 Å². The molecule has 0 bridgehead atoms. The molecule has 0 amide bonds. The summed E-state index contributed by atoms with van der Waals surface area (Å²) in [5, 5.41) is 15.3. The molecule has 0 atom stereocenters. The molecule has 23 heavy (non-hydrogen) atoms. The summed E-state index contributed by atoms with van der Waals surface area (Å²) >= 11 is 0. The smallest absolute Gasteiger partial charge is 0.271 e. The molecule has 0 aromatic heterocycles. The highest BCUT2D eigenvalue weighted by atomic mass is 16.6. The maximum absolute atomic E-state index is 10.8. The zero-order chi connectivity index (χ0) is 16.2. The SMILES string of the molecule is COc1ccc2c(c1)CCCC2=NNc1cccc([N+](=O)[O-])c1. The first kappa shape index (κ1) is 15.0. The van der Waals surface area contributed by atoms with Crippen molar-refractivity contribution in [3.63, 3.8) is 0 Å². The fourth-order valence-electron chi connectivity index (χ4n) is 2.70. The van der Waals surface area contributed by atoms with Crippen LogP contribution in [0, 0.1) is 10.1 Å². The lowest BCUT2D eigenvalue weighted by Crippen LogP contribution is -2.13. The van der Waals surface area contributed by atoms with Crippen LogP contribution in [0.15, 0.2) is 47.6 Å². The van der Waals surface area contributed by atoms with Gasteiger partial charge in [-0.05, 0) is 49.1 Å². The first-order chi connectivity index (χ1) is 11.2. The normalized spacial score (nSPS) is 15.1. The molecule has 1 aliphatic carbocycles. The Hall–Kier alpha value is -2.89. The first-order valence-corrected chi connectivity index (χ1v) is 7.41. The van der Waals surface area contributed by atoms with Crippen molar-refractivity contribution >= 4 is 17.1 Å². The van der Waals surface area contributed by atoms with Crippen molar-refractivity contribution in [1.82, 2.24) is 0 Å². The van der Waals surface area contributed by atoms with Crippen LogP contribution < -0.4 is 10.2 Å². The fourth-order valence-corrected chi connectivity index (χ4v) is 2.70. The molecule has 0 fully saturated rings. The summed E-state index contributed by atoms with van der Waals surface area (Å²) in [4.78, 5) is 10.4. The molecule has 6 heteroatoms. The Kier molecular flexibility index (Phi) is 4.23. The van der Waals surface area contributed by atoms with Gasteiger partial charge in [-0.3, -0.25) is 15.5 Å². The number of nitrogens with zero attached hydrogens (tertiary/aromatic N) is 2. The average Bonchev–Trinajstić information content (AvgIpc) is 2.59. The summed E-state index contributed by atoms with van der Waals surface area (Å²) < 4.78 is 5.26. The summed E-state index contributed by atoms with van der Waals surface area (Å²) in [5.41, 5.74) is 6.86. The van der Waals surface area contributed by atoms with Gasteiger partial charge in [0, 0.05) is 17.7 Å². The Labute approximate surface area is 133 Å². The highest BCUT2D eigenvalue weighted by molar-refractivity contribution is 6.03. The van der Waals surface area contributed by atoms with E-state index in [0.717, 1.165) is 36.3 Å². The molecule has 118 valence electrons. The largest absolute Gasteiger partial charge is 0.497 e. The number of fused-ring (bicyclic) bond motifs is 1. The van der Waals surface area contributed by atoms with Crippen LogP contribution in [-0.2, 0) is 6.42 Å². The van der Waals surface area contributed by atoms with Crippen molar-refractivity contribution in [3.05, 3.63) is 63.7 Å². The van der Waals surface area contributed by atoms with Crippen LogP contribution >= 0.6 is 0 Å². The van der Waals surface area contributed by atoms with Crippen molar-refractivity contribution in [2.24, 2.45) is 5.10 Å². The Balaban J connectivity index is 1.84. The Morgan fingerprint density at radius 1 is 1.22 bits per heavy atom. The predicted molar refractivity (Wildman–Crippen MR) is 89.2 cm³/mol. The summed E-state index contributed by atoms with van der Waals surface area (Å²) in [5.74, 6) is 0.844. The number of aryl methyl sites for hydroxylation is 1. The number of hydrogen-bond donors (Lipinski definition) is 1. The number of nitro benzene ring substituents is 1.